The second-order valence-electron chi connectivity index (χ2n) is 5.56. The van der Waals surface area contributed by atoms with E-state index in [9.17, 15) is 0 Å². The van der Waals surface area contributed by atoms with Crippen LogP contribution in [0.5, 0.6) is 11.5 Å². The van der Waals surface area contributed by atoms with Crippen molar-refractivity contribution in [3.63, 3.8) is 0 Å². The lowest BCUT2D eigenvalue weighted by Crippen LogP contribution is -2.14. The Kier molecular flexibility index (Phi) is 4.00. The van der Waals surface area contributed by atoms with Crippen molar-refractivity contribution in [3.05, 3.63) is 35.5 Å². The molecule has 0 radical (unpaired) electrons. The van der Waals surface area contributed by atoms with Crippen molar-refractivity contribution in [2.75, 3.05) is 17.4 Å². The summed E-state index contributed by atoms with van der Waals surface area (Å²) in [5, 5.41) is 6.54. The lowest BCUT2D eigenvalue weighted by Gasteiger charge is -2.12. The Hall–Kier alpha value is -2.50. The summed E-state index contributed by atoms with van der Waals surface area (Å²) in [7, 11) is 0. The van der Waals surface area contributed by atoms with E-state index in [1.54, 1.807) is 0 Å². The van der Waals surface area contributed by atoms with Crippen LogP contribution in [-0.2, 0) is 6.54 Å². The Morgan fingerprint density at radius 1 is 1.14 bits per heavy atom. The molecular formula is C16H20N4O2. The first-order chi connectivity index (χ1) is 10.6. The molecule has 0 saturated carbocycles. The summed E-state index contributed by atoms with van der Waals surface area (Å²) in [5.41, 5.74) is 2.03. The third-order valence-corrected chi connectivity index (χ3v) is 3.18. The van der Waals surface area contributed by atoms with Gasteiger partial charge >= 0.3 is 0 Å². The second-order valence-corrected chi connectivity index (χ2v) is 5.56. The van der Waals surface area contributed by atoms with Gasteiger partial charge in [-0.25, -0.2) is 4.98 Å². The molecule has 22 heavy (non-hydrogen) atoms. The predicted octanol–water partition coefficient (Wildman–Crippen LogP) is 2.95. The van der Waals surface area contributed by atoms with E-state index in [1.165, 1.54) is 0 Å². The maximum Gasteiger partial charge on any atom is 0.231 e. The highest BCUT2D eigenvalue weighted by molar-refractivity contribution is 5.47. The Labute approximate surface area is 129 Å². The van der Waals surface area contributed by atoms with Crippen LogP contribution in [0, 0.1) is 6.92 Å². The van der Waals surface area contributed by atoms with Crippen molar-refractivity contribution in [1.82, 2.24) is 9.97 Å². The largest absolute Gasteiger partial charge is 0.454 e. The number of anilines is 2. The normalized spacial score (nSPS) is 12.5. The molecular weight excluding hydrogens is 280 g/mol. The van der Waals surface area contributed by atoms with E-state index in [2.05, 4.69) is 34.4 Å². The fourth-order valence-electron chi connectivity index (χ4n) is 2.23. The summed E-state index contributed by atoms with van der Waals surface area (Å²) in [5.74, 6) is 3.03. The molecule has 0 unspecified atom stereocenters. The average Bonchev–Trinajstić information content (AvgIpc) is 2.91. The molecule has 0 amide bonds. The minimum absolute atomic E-state index is 0.293. The minimum Gasteiger partial charge on any atom is -0.454 e. The van der Waals surface area contributed by atoms with Crippen molar-refractivity contribution in [1.29, 1.82) is 0 Å². The number of benzene rings is 1. The molecule has 2 aromatic rings. The highest BCUT2D eigenvalue weighted by Crippen LogP contribution is 2.32. The first-order valence-corrected chi connectivity index (χ1v) is 7.35. The van der Waals surface area contributed by atoms with Crippen LogP contribution in [0.25, 0.3) is 0 Å². The fraction of sp³-hybridized carbons (Fsp3) is 0.375. The van der Waals surface area contributed by atoms with E-state index in [4.69, 9.17) is 9.47 Å². The lowest BCUT2D eigenvalue weighted by atomic mass is 10.2. The number of fused-ring (bicyclic) bond motifs is 1. The van der Waals surface area contributed by atoms with E-state index in [-0.39, 0.29) is 0 Å². The topological polar surface area (TPSA) is 68.3 Å². The van der Waals surface area contributed by atoms with Crippen LogP contribution < -0.4 is 20.1 Å². The first-order valence-electron chi connectivity index (χ1n) is 7.35. The SMILES string of the molecule is Cc1cc(NCc2ccc3c(c2)OCO3)nc(NC(C)C)n1. The Morgan fingerprint density at radius 3 is 2.77 bits per heavy atom. The fourth-order valence-corrected chi connectivity index (χ4v) is 2.23. The zero-order chi connectivity index (χ0) is 15.5. The molecule has 2 N–H and O–H groups in total. The van der Waals surface area contributed by atoms with E-state index in [0.29, 0.717) is 25.3 Å². The molecule has 0 fully saturated rings. The van der Waals surface area contributed by atoms with Gasteiger partial charge in [0.05, 0.1) is 0 Å². The summed E-state index contributed by atoms with van der Waals surface area (Å²) >= 11 is 0. The van der Waals surface area contributed by atoms with E-state index < -0.39 is 0 Å². The van der Waals surface area contributed by atoms with Gasteiger partial charge in [0, 0.05) is 24.3 Å². The predicted molar refractivity (Wildman–Crippen MR) is 85.4 cm³/mol. The summed E-state index contributed by atoms with van der Waals surface area (Å²) in [6.07, 6.45) is 0. The van der Waals surface area contributed by atoms with Gasteiger partial charge in [0.25, 0.3) is 0 Å². The molecule has 1 aliphatic rings. The molecule has 0 atom stereocenters. The van der Waals surface area contributed by atoms with Crippen molar-refractivity contribution < 1.29 is 9.47 Å². The van der Waals surface area contributed by atoms with E-state index >= 15 is 0 Å². The quantitative estimate of drug-likeness (QED) is 0.885. The lowest BCUT2D eigenvalue weighted by molar-refractivity contribution is 0.174. The minimum atomic E-state index is 0.293. The smallest absolute Gasteiger partial charge is 0.231 e. The molecule has 0 aliphatic carbocycles. The van der Waals surface area contributed by atoms with Crippen LogP contribution in [0.3, 0.4) is 0 Å². The van der Waals surface area contributed by atoms with Crippen LogP contribution in [-0.4, -0.2) is 22.8 Å². The molecule has 1 aromatic carbocycles. The summed E-state index contributed by atoms with van der Waals surface area (Å²) in [4.78, 5) is 8.85. The molecule has 6 nitrogen and oxygen atoms in total. The molecule has 2 heterocycles. The molecule has 0 bridgehead atoms. The number of aromatic nitrogens is 2. The zero-order valence-corrected chi connectivity index (χ0v) is 13.0. The Balaban J connectivity index is 1.69. The maximum absolute atomic E-state index is 5.39. The molecule has 1 aliphatic heterocycles. The summed E-state index contributed by atoms with van der Waals surface area (Å²) in [6, 6.07) is 8.15. The van der Waals surface area contributed by atoms with Gasteiger partial charge < -0.3 is 20.1 Å². The van der Waals surface area contributed by atoms with Gasteiger partial charge in [-0.05, 0) is 38.5 Å². The van der Waals surface area contributed by atoms with Gasteiger partial charge in [-0.3, -0.25) is 0 Å². The first kappa shape index (κ1) is 14.4. The van der Waals surface area contributed by atoms with Gasteiger partial charge in [-0.2, -0.15) is 4.98 Å². The Morgan fingerprint density at radius 2 is 1.95 bits per heavy atom. The van der Waals surface area contributed by atoms with E-state index in [1.807, 2.05) is 31.2 Å². The average molecular weight is 300 g/mol. The van der Waals surface area contributed by atoms with Crippen molar-refractivity contribution in [3.8, 4) is 11.5 Å². The number of ether oxygens (including phenoxy) is 2. The van der Waals surface area contributed by atoms with Crippen molar-refractivity contribution in [2.45, 2.75) is 33.4 Å². The molecule has 1 aromatic heterocycles. The number of nitrogens with one attached hydrogen (secondary N) is 2. The van der Waals surface area contributed by atoms with Crippen molar-refractivity contribution >= 4 is 11.8 Å². The number of aryl methyl sites for hydroxylation is 1. The van der Waals surface area contributed by atoms with Gasteiger partial charge in [0.15, 0.2) is 11.5 Å². The number of rotatable bonds is 5. The molecule has 6 heteroatoms. The van der Waals surface area contributed by atoms with Gasteiger partial charge in [-0.1, -0.05) is 6.07 Å². The summed E-state index contributed by atoms with van der Waals surface area (Å²) in [6.45, 7) is 7.03. The summed E-state index contributed by atoms with van der Waals surface area (Å²) < 4.78 is 10.7. The second kappa shape index (κ2) is 6.09. The van der Waals surface area contributed by atoms with Gasteiger partial charge in [0.1, 0.15) is 5.82 Å². The third kappa shape index (κ3) is 3.39. The highest BCUT2D eigenvalue weighted by atomic mass is 16.7. The number of nitrogens with zero attached hydrogens (tertiary/aromatic N) is 2. The number of hydrogen-bond acceptors (Lipinski definition) is 6. The standard InChI is InChI=1S/C16H20N4O2/c1-10(2)18-16-19-11(3)6-15(20-16)17-8-12-4-5-13-14(7-12)22-9-21-13/h4-7,10H,8-9H2,1-3H3,(H2,17,18,19,20). The van der Waals surface area contributed by atoms with Crippen LogP contribution in [0.15, 0.2) is 24.3 Å². The van der Waals surface area contributed by atoms with Crippen molar-refractivity contribution in [2.24, 2.45) is 0 Å². The molecule has 116 valence electrons. The van der Waals surface area contributed by atoms with E-state index in [0.717, 1.165) is 28.6 Å². The van der Waals surface area contributed by atoms with Crippen LogP contribution in [0.2, 0.25) is 0 Å². The maximum atomic E-state index is 5.39. The molecule has 0 saturated heterocycles. The van der Waals surface area contributed by atoms with Crippen LogP contribution in [0.1, 0.15) is 25.1 Å². The van der Waals surface area contributed by atoms with Gasteiger partial charge in [-0.15, -0.1) is 0 Å². The van der Waals surface area contributed by atoms with Crippen LogP contribution >= 0.6 is 0 Å². The van der Waals surface area contributed by atoms with Gasteiger partial charge in [0.2, 0.25) is 12.7 Å². The van der Waals surface area contributed by atoms with Crippen LogP contribution in [0.4, 0.5) is 11.8 Å². The molecule has 3 rings (SSSR count). The Bertz CT molecular complexity index is 673. The highest BCUT2D eigenvalue weighted by Gasteiger charge is 2.13. The monoisotopic (exact) mass is 300 g/mol. The zero-order valence-electron chi connectivity index (χ0n) is 13.0. The number of hydrogen-bond donors (Lipinski definition) is 2. The molecule has 0 spiro atoms. The third-order valence-electron chi connectivity index (χ3n) is 3.18.